The highest BCUT2D eigenvalue weighted by molar-refractivity contribution is 7.17. The second-order valence-electron chi connectivity index (χ2n) is 5.20. The van der Waals surface area contributed by atoms with Gasteiger partial charge in [-0.2, -0.15) is 0 Å². The summed E-state index contributed by atoms with van der Waals surface area (Å²) in [7, 11) is 1.37. The van der Waals surface area contributed by atoms with Crippen molar-refractivity contribution in [2.75, 3.05) is 18.3 Å². The van der Waals surface area contributed by atoms with Crippen LogP contribution >= 0.6 is 22.9 Å². The van der Waals surface area contributed by atoms with Crippen LogP contribution in [-0.2, 0) is 22.4 Å². The van der Waals surface area contributed by atoms with Crippen molar-refractivity contribution in [3.63, 3.8) is 0 Å². The summed E-state index contributed by atoms with van der Waals surface area (Å²) in [6, 6.07) is 0. The minimum absolute atomic E-state index is 0.166. The van der Waals surface area contributed by atoms with Crippen molar-refractivity contribution in [1.29, 1.82) is 0 Å². The third kappa shape index (κ3) is 3.58. The second kappa shape index (κ2) is 7.27. The Morgan fingerprint density at radius 3 is 2.86 bits per heavy atom. The Hall–Kier alpha value is -1.07. The molecule has 1 aliphatic rings. The molecule has 0 aliphatic heterocycles. The molecule has 0 radical (unpaired) electrons. The zero-order chi connectivity index (χ0) is 15.4. The molecule has 1 aliphatic carbocycles. The average Bonchev–Trinajstić information content (AvgIpc) is 2.83. The van der Waals surface area contributed by atoms with E-state index in [0.29, 0.717) is 16.5 Å². The van der Waals surface area contributed by atoms with Gasteiger partial charge in [-0.3, -0.25) is 4.79 Å². The minimum Gasteiger partial charge on any atom is -0.465 e. The fourth-order valence-corrected chi connectivity index (χ4v) is 4.22. The van der Waals surface area contributed by atoms with Gasteiger partial charge in [0.15, 0.2) is 0 Å². The largest absolute Gasteiger partial charge is 0.465 e. The average molecular weight is 330 g/mol. The van der Waals surface area contributed by atoms with Crippen molar-refractivity contribution in [2.24, 2.45) is 5.92 Å². The van der Waals surface area contributed by atoms with Crippen molar-refractivity contribution >= 4 is 39.8 Å². The molecule has 0 saturated carbocycles. The number of carbonyl (C=O) groups is 2. The molecule has 0 saturated heterocycles. The number of carbonyl (C=O) groups excluding carboxylic acids is 2. The van der Waals surface area contributed by atoms with Gasteiger partial charge in [0.25, 0.3) is 0 Å². The van der Waals surface area contributed by atoms with Crippen LogP contribution in [0.3, 0.4) is 0 Å². The summed E-state index contributed by atoms with van der Waals surface area (Å²) in [6.45, 7) is 2.19. The van der Waals surface area contributed by atoms with Crippen molar-refractivity contribution in [1.82, 2.24) is 0 Å². The Balaban J connectivity index is 2.33. The lowest BCUT2D eigenvalue weighted by Gasteiger charge is -2.20. The van der Waals surface area contributed by atoms with Gasteiger partial charge in [-0.05, 0) is 30.7 Å². The lowest BCUT2D eigenvalue weighted by molar-refractivity contribution is -0.115. The molecule has 1 unspecified atom stereocenters. The van der Waals surface area contributed by atoms with Crippen LogP contribution in [0.1, 0.15) is 47.0 Å². The van der Waals surface area contributed by atoms with Gasteiger partial charge in [0.2, 0.25) is 5.91 Å². The van der Waals surface area contributed by atoms with Crippen LogP contribution in [0.4, 0.5) is 5.00 Å². The molecule has 0 spiro atoms. The summed E-state index contributed by atoms with van der Waals surface area (Å²) in [6.07, 6.45) is 4.31. The molecule has 0 fully saturated rings. The molecule has 1 aromatic rings. The topological polar surface area (TPSA) is 55.4 Å². The van der Waals surface area contributed by atoms with Crippen LogP contribution in [0.2, 0.25) is 0 Å². The van der Waals surface area contributed by atoms with Crippen LogP contribution < -0.4 is 5.32 Å². The third-order valence-corrected chi connectivity index (χ3v) is 5.27. The van der Waals surface area contributed by atoms with Crippen LogP contribution in [-0.4, -0.2) is 24.9 Å². The molecule has 2 rings (SSSR count). The molecule has 1 amide bonds. The Kier molecular flexibility index (Phi) is 5.65. The van der Waals surface area contributed by atoms with E-state index in [9.17, 15) is 9.59 Å². The maximum absolute atomic E-state index is 12.1. The third-order valence-electron chi connectivity index (χ3n) is 3.91. The van der Waals surface area contributed by atoms with E-state index in [1.54, 1.807) is 0 Å². The zero-order valence-corrected chi connectivity index (χ0v) is 13.9. The van der Waals surface area contributed by atoms with E-state index in [2.05, 4.69) is 12.2 Å². The lowest BCUT2D eigenvalue weighted by atomic mass is 9.86. The number of methoxy groups -OCH3 is 1. The summed E-state index contributed by atoms with van der Waals surface area (Å²) in [5.41, 5.74) is 1.59. The Morgan fingerprint density at radius 2 is 2.24 bits per heavy atom. The van der Waals surface area contributed by atoms with Gasteiger partial charge in [-0.25, -0.2) is 4.79 Å². The predicted molar refractivity (Wildman–Crippen MR) is 85.4 cm³/mol. The molecular formula is C15H20ClNO3S. The number of hydrogen-bond acceptors (Lipinski definition) is 4. The van der Waals surface area contributed by atoms with Gasteiger partial charge < -0.3 is 10.1 Å². The van der Waals surface area contributed by atoms with Crippen molar-refractivity contribution in [3.8, 4) is 0 Å². The van der Waals surface area contributed by atoms with E-state index < -0.39 is 0 Å². The smallest absolute Gasteiger partial charge is 0.341 e. The van der Waals surface area contributed by atoms with E-state index in [1.807, 2.05) is 0 Å². The Morgan fingerprint density at radius 1 is 1.48 bits per heavy atom. The minimum atomic E-state index is -0.372. The molecule has 1 N–H and O–H groups in total. The van der Waals surface area contributed by atoms with E-state index in [1.165, 1.54) is 23.3 Å². The van der Waals surface area contributed by atoms with Crippen LogP contribution in [0, 0.1) is 5.92 Å². The molecular weight excluding hydrogens is 310 g/mol. The quantitative estimate of drug-likeness (QED) is 0.663. The number of anilines is 1. The van der Waals surface area contributed by atoms with Gasteiger partial charge in [-0.15, -0.1) is 22.9 Å². The number of esters is 1. The molecule has 21 heavy (non-hydrogen) atoms. The van der Waals surface area contributed by atoms with Crippen LogP contribution in [0.15, 0.2) is 0 Å². The monoisotopic (exact) mass is 329 g/mol. The lowest BCUT2D eigenvalue weighted by Crippen LogP contribution is -2.16. The van der Waals surface area contributed by atoms with Crippen molar-refractivity contribution in [3.05, 3.63) is 16.0 Å². The summed E-state index contributed by atoms with van der Waals surface area (Å²) >= 11 is 7.09. The maximum Gasteiger partial charge on any atom is 0.341 e. The Labute approximate surface area is 133 Å². The van der Waals surface area contributed by atoms with Gasteiger partial charge in [0.05, 0.1) is 12.7 Å². The summed E-state index contributed by atoms with van der Waals surface area (Å²) in [4.78, 5) is 25.0. The summed E-state index contributed by atoms with van der Waals surface area (Å²) in [5, 5.41) is 3.42. The molecule has 4 nitrogen and oxygen atoms in total. The standard InChI is InChI=1S/C15H20ClNO3S/c1-3-9-4-5-10-11(8-9)21-14(13(10)15(19)20-2)17-12(18)6-7-16/h9H,3-8H2,1-2H3,(H,17,18). The fourth-order valence-electron chi connectivity index (χ4n) is 2.68. The summed E-state index contributed by atoms with van der Waals surface area (Å²) < 4.78 is 4.89. The van der Waals surface area contributed by atoms with E-state index in [0.717, 1.165) is 31.2 Å². The normalized spacial score (nSPS) is 17.2. The molecule has 116 valence electrons. The second-order valence-corrected chi connectivity index (χ2v) is 6.69. The number of alkyl halides is 1. The number of fused-ring (bicyclic) bond motifs is 1. The first-order chi connectivity index (χ1) is 10.1. The van der Waals surface area contributed by atoms with Crippen LogP contribution in [0.5, 0.6) is 0 Å². The molecule has 1 aromatic heterocycles. The number of halogens is 1. The number of ether oxygens (including phenoxy) is 1. The highest BCUT2D eigenvalue weighted by Gasteiger charge is 2.29. The molecule has 0 bridgehead atoms. The van der Waals surface area contributed by atoms with Crippen LogP contribution in [0.25, 0.3) is 0 Å². The highest BCUT2D eigenvalue weighted by atomic mass is 35.5. The van der Waals surface area contributed by atoms with Gasteiger partial charge in [0, 0.05) is 17.2 Å². The van der Waals surface area contributed by atoms with Crippen molar-refractivity contribution in [2.45, 2.75) is 39.0 Å². The fraction of sp³-hybridized carbons (Fsp3) is 0.600. The van der Waals surface area contributed by atoms with E-state index in [-0.39, 0.29) is 24.2 Å². The SMILES string of the molecule is CCC1CCc2c(sc(NC(=O)CCCl)c2C(=O)OC)C1. The first kappa shape index (κ1) is 16.3. The number of thiophene rings is 1. The summed E-state index contributed by atoms with van der Waals surface area (Å²) in [5.74, 6) is 0.389. The van der Waals surface area contributed by atoms with Gasteiger partial charge in [0.1, 0.15) is 5.00 Å². The molecule has 6 heteroatoms. The van der Waals surface area contributed by atoms with Gasteiger partial charge in [-0.1, -0.05) is 13.3 Å². The maximum atomic E-state index is 12.1. The molecule has 0 aromatic carbocycles. The number of rotatable bonds is 5. The van der Waals surface area contributed by atoms with E-state index in [4.69, 9.17) is 16.3 Å². The van der Waals surface area contributed by atoms with Crippen molar-refractivity contribution < 1.29 is 14.3 Å². The van der Waals surface area contributed by atoms with Gasteiger partial charge >= 0.3 is 5.97 Å². The number of hydrogen-bond donors (Lipinski definition) is 1. The predicted octanol–water partition coefficient (Wildman–Crippen LogP) is 3.62. The van der Waals surface area contributed by atoms with E-state index >= 15 is 0 Å². The number of nitrogens with one attached hydrogen (secondary N) is 1. The molecule has 1 atom stereocenters. The zero-order valence-electron chi connectivity index (χ0n) is 12.3. The first-order valence-corrected chi connectivity index (χ1v) is 8.54. The number of amides is 1. The highest BCUT2D eigenvalue weighted by Crippen LogP contribution is 2.40. The first-order valence-electron chi connectivity index (χ1n) is 7.19. The molecule has 1 heterocycles. The Bertz CT molecular complexity index is 541.